The third-order valence-corrected chi connectivity index (χ3v) is 2.40. The molecule has 0 radical (unpaired) electrons. The summed E-state index contributed by atoms with van der Waals surface area (Å²) in [5.74, 6) is 0.238. The monoisotopic (exact) mass is 276 g/mol. The first kappa shape index (κ1) is 12.7. The fourth-order valence-electron chi connectivity index (χ4n) is 1.29. The van der Waals surface area contributed by atoms with E-state index in [4.69, 9.17) is 21.6 Å². The molecule has 0 fully saturated rings. The van der Waals surface area contributed by atoms with E-state index in [2.05, 4.69) is 9.97 Å². The molecule has 19 heavy (non-hydrogen) atoms. The van der Waals surface area contributed by atoms with Gasteiger partial charge in [-0.05, 0) is 6.07 Å². The molecule has 0 aliphatic heterocycles. The van der Waals surface area contributed by atoms with Crippen molar-refractivity contribution in [2.45, 2.75) is 0 Å². The van der Waals surface area contributed by atoms with Gasteiger partial charge >= 0.3 is 0 Å². The van der Waals surface area contributed by atoms with Crippen molar-refractivity contribution in [2.24, 2.45) is 0 Å². The second-order valence-electron chi connectivity index (χ2n) is 3.29. The molecule has 0 N–H and O–H groups in total. The summed E-state index contributed by atoms with van der Waals surface area (Å²) in [6, 6.07) is 5.66. The SMILES string of the molecule is N#Cc1nccnc1Oc1ccc([N+](=O)[O-])c(Cl)c1. The van der Waals surface area contributed by atoms with E-state index >= 15 is 0 Å². The Hall–Kier alpha value is -2.72. The van der Waals surface area contributed by atoms with Crippen LogP contribution in [-0.2, 0) is 0 Å². The largest absolute Gasteiger partial charge is 0.436 e. The molecule has 0 saturated heterocycles. The van der Waals surface area contributed by atoms with Gasteiger partial charge in [0.05, 0.1) is 4.92 Å². The van der Waals surface area contributed by atoms with Gasteiger partial charge in [0.2, 0.25) is 5.69 Å². The second kappa shape index (κ2) is 5.29. The minimum atomic E-state index is -0.602. The van der Waals surface area contributed by atoms with Crippen LogP contribution in [0.4, 0.5) is 5.69 Å². The van der Waals surface area contributed by atoms with Crippen LogP contribution in [0.2, 0.25) is 5.02 Å². The highest BCUT2D eigenvalue weighted by Crippen LogP contribution is 2.30. The first-order valence-electron chi connectivity index (χ1n) is 4.94. The number of hydrogen-bond donors (Lipinski definition) is 0. The van der Waals surface area contributed by atoms with Crippen molar-refractivity contribution < 1.29 is 9.66 Å². The van der Waals surface area contributed by atoms with Gasteiger partial charge in [-0.15, -0.1) is 0 Å². The first-order chi connectivity index (χ1) is 9.11. The Kier molecular flexibility index (Phi) is 3.54. The maximum atomic E-state index is 10.6. The minimum Gasteiger partial charge on any atom is -0.436 e. The van der Waals surface area contributed by atoms with Crippen molar-refractivity contribution in [1.82, 2.24) is 9.97 Å². The lowest BCUT2D eigenvalue weighted by Crippen LogP contribution is -1.95. The lowest BCUT2D eigenvalue weighted by molar-refractivity contribution is -0.384. The summed E-state index contributed by atoms with van der Waals surface area (Å²) >= 11 is 5.74. The zero-order valence-corrected chi connectivity index (χ0v) is 10.0. The predicted molar refractivity (Wildman–Crippen MR) is 64.9 cm³/mol. The van der Waals surface area contributed by atoms with Crippen molar-refractivity contribution in [3.8, 4) is 17.7 Å². The van der Waals surface area contributed by atoms with Crippen LogP contribution in [0.3, 0.4) is 0 Å². The van der Waals surface area contributed by atoms with E-state index in [9.17, 15) is 10.1 Å². The topological polar surface area (TPSA) is 102 Å². The van der Waals surface area contributed by atoms with Crippen LogP contribution in [0, 0.1) is 21.4 Å². The molecule has 0 spiro atoms. The standard InChI is InChI=1S/C11H5ClN4O3/c12-8-5-7(1-2-10(8)16(17)18)19-11-9(6-13)14-3-4-15-11/h1-5H. The van der Waals surface area contributed by atoms with E-state index < -0.39 is 4.92 Å². The average Bonchev–Trinajstić information content (AvgIpc) is 2.39. The van der Waals surface area contributed by atoms with Gasteiger partial charge in [-0.3, -0.25) is 10.1 Å². The van der Waals surface area contributed by atoms with Crippen LogP contribution < -0.4 is 4.74 Å². The zero-order valence-electron chi connectivity index (χ0n) is 9.28. The van der Waals surface area contributed by atoms with Gasteiger partial charge in [-0.25, -0.2) is 9.97 Å². The highest BCUT2D eigenvalue weighted by atomic mass is 35.5. The molecule has 2 rings (SSSR count). The predicted octanol–water partition coefficient (Wildman–Crippen LogP) is 2.70. The molecule has 1 aromatic heterocycles. The van der Waals surface area contributed by atoms with Gasteiger partial charge < -0.3 is 4.74 Å². The maximum absolute atomic E-state index is 10.6. The van der Waals surface area contributed by atoms with Gasteiger partial charge in [0.25, 0.3) is 11.6 Å². The van der Waals surface area contributed by atoms with Crippen molar-refractivity contribution in [3.05, 3.63) is 51.4 Å². The van der Waals surface area contributed by atoms with E-state index in [0.29, 0.717) is 0 Å². The minimum absolute atomic E-state index is 0.00918. The number of nitriles is 1. The summed E-state index contributed by atoms with van der Waals surface area (Å²) in [5.41, 5.74) is -0.217. The molecule has 0 bridgehead atoms. The fraction of sp³-hybridized carbons (Fsp3) is 0. The smallest absolute Gasteiger partial charge is 0.288 e. The molecule has 8 heteroatoms. The number of nitro groups is 1. The summed E-state index contributed by atoms with van der Waals surface area (Å²) in [6.45, 7) is 0. The molecule has 0 saturated carbocycles. The van der Waals surface area contributed by atoms with Crippen LogP contribution in [-0.4, -0.2) is 14.9 Å². The lowest BCUT2D eigenvalue weighted by atomic mass is 10.3. The Morgan fingerprint density at radius 3 is 2.74 bits per heavy atom. The molecule has 94 valence electrons. The van der Waals surface area contributed by atoms with Gasteiger partial charge in [-0.1, -0.05) is 11.6 Å². The third-order valence-electron chi connectivity index (χ3n) is 2.10. The summed E-state index contributed by atoms with van der Waals surface area (Å²) in [7, 11) is 0. The molecule has 0 atom stereocenters. The van der Waals surface area contributed by atoms with E-state index in [1.54, 1.807) is 0 Å². The molecule has 2 aromatic rings. The van der Waals surface area contributed by atoms with Crippen LogP contribution in [0.25, 0.3) is 0 Å². The summed E-state index contributed by atoms with van der Waals surface area (Å²) in [6.07, 6.45) is 2.72. The first-order valence-corrected chi connectivity index (χ1v) is 5.32. The van der Waals surface area contributed by atoms with E-state index in [1.165, 1.54) is 30.6 Å². The molecule has 0 amide bonds. The molecule has 0 aliphatic rings. The van der Waals surface area contributed by atoms with E-state index in [-0.39, 0.29) is 28.0 Å². The number of ether oxygens (including phenoxy) is 1. The van der Waals surface area contributed by atoms with Gasteiger partial charge in [0.15, 0.2) is 0 Å². The Balaban J connectivity index is 2.32. The number of rotatable bonds is 3. The van der Waals surface area contributed by atoms with Gasteiger partial charge in [0, 0.05) is 24.5 Å². The summed E-state index contributed by atoms with van der Waals surface area (Å²) in [4.78, 5) is 17.6. The lowest BCUT2D eigenvalue weighted by Gasteiger charge is -2.05. The Labute approximate surface area is 112 Å². The molecular weight excluding hydrogens is 272 g/mol. The van der Waals surface area contributed by atoms with E-state index in [0.717, 1.165) is 0 Å². The number of nitro benzene ring substituents is 1. The Morgan fingerprint density at radius 2 is 2.11 bits per heavy atom. The molecule has 0 aliphatic carbocycles. The van der Waals surface area contributed by atoms with Crippen molar-refractivity contribution >= 4 is 17.3 Å². The van der Waals surface area contributed by atoms with Crippen molar-refractivity contribution in [2.75, 3.05) is 0 Å². The highest BCUT2D eigenvalue weighted by Gasteiger charge is 2.14. The van der Waals surface area contributed by atoms with Gasteiger partial charge in [-0.2, -0.15) is 5.26 Å². The highest BCUT2D eigenvalue weighted by molar-refractivity contribution is 6.32. The molecule has 1 heterocycles. The molecule has 1 aromatic carbocycles. The van der Waals surface area contributed by atoms with Crippen molar-refractivity contribution in [3.63, 3.8) is 0 Å². The number of hydrogen-bond acceptors (Lipinski definition) is 6. The molecular formula is C11H5ClN4O3. The Morgan fingerprint density at radius 1 is 1.37 bits per heavy atom. The Bertz CT molecular complexity index is 684. The number of nitrogens with zero attached hydrogens (tertiary/aromatic N) is 4. The van der Waals surface area contributed by atoms with Crippen molar-refractivity contribution in [1.29, 1.82) is 5.26 Å². The number of halogens is 1. The summed E-state index contributed by atoms with van der Waals surface area (Å²) in [5, 5.41) is 19.4. The van der Waals surface area contributed by atoms with Crippen LogP contribution >= 0.6 is 11.6 Å². The average molecular weight is 277 g/mol. The zero-order chi connectivity index (χ0) is 13.8. The molecule has 7 nitrogen and oxygen atoms in total. The fourth-order valence-corrected chi connectivity index (χ4v) is 1.53. The number of benzene rings is 1. The van der Waals surface area contributed by atoms with E-state index in [1.807, 2.05) is 6.07 Å². The third kappa shape index (κ3) is 2.75. The van der Waals surface area contributed by atoms with Gasteiger partial charge in [0.1, 0.15) is 16.8 Å². The van der Waals surface area contributed by atoms with Crippen LogP contribution in [0.5, 0.6) is 11.6 Å². The quantitative estimate of drug-likeness (QED) is 0.631. The maximum Gasteiger partial charge on any atom is 0.288 e. The summed E-state index contributed by atoms with van der Waals surface area (Å²) < 4.78 is 5.31. The number of aromatic nitrogens is 2. The second-order valence-corrected chi connectivity index (χ2v) is 3.70. The normalized spacial score (nSPS) is 9.68. The van der Waals surface area contributed by atoms with Crippen LogP contribution in [0.15, 0.2) is 30.6 Å². The van der Waals surface area contributed by atoms with Crippen LogP contribution in [0.1, 0.15) is 5.69 Å². The molecule has 0 unspecified atom stereocenters.